The second-order valence-electron chi connectivity index (χ2n) is 4.13. The van der Waals surface area contributed by atoms with Gasteiger partial charge in [0.25, 0.3) is 0 Å². The van der Waals surface area contributed by atoms with Crippen molar-refractivity contribution in [3.63, 3.8) is 0 Å². The summed E-state index contributed by atoms with van der Waals surface area (Å²) >= 11 is 1.88. The van der Waals surface area contributed by atoms with Gasteiger partial charge < -0.3 is 5.32 Å². The molecule has 3 nitrogen and oxygen atoms in total. The van der Waals surface area contributed by atoms with Gasteiger partial charge in [-0.2, -0.15) is 11.8 Å². The monoisotopic (exact) mass is 253 g/mol. The summed E-state index contributed by atoms with van der Waals surface area (Å²) < 4.78 is 0. The molecule has 1 aromatic rings. The Balaban J connectivity index is 2.47. The number of pyridine rings is 1. The van der Waals surface area contributed by atoms with E-state index in [1.54, 1.807) is 0 Å². The average Bonchev–Trinajstić information content (AvgIpc) is 2.34. The summed E-state index contributed by atoms with van der Waals surface area (Å²) in [5.74, 6) is 1.17. The number of nitrogens with one attached hydrogen (secondary N) is 1. The lowest BCUT2D eigenvalue weighted by atomic mass is 10.3. The molecule has 0 spiro atoms. The first kappa shape index (κ1) is 14.5. The van der Waals surface area contributed by atoms with Crippen molar-refractivity contribution >= 4 is 11.8 Å². The molecule has 0 radical (unpaired) electrons. The van der Waals surface area contributed by atoms with E-state index in [-0.39, 0.29) is 0 Å². The van der Waals surface area contributed by atoms with Crippen molar-refractivity contribution < 1.29 is 0 Å². The minimum atomic E-state index is 0.860. The van der Waals surface area contributed by atoms with Gasteiger partial charge in [-0.25, -0.2) is 0 Å². The van der Waals surface area contributed by atoms with Crippen LogP contribution in [0, 0.1) is 0 Å². The van der Waals surface area contributed by atoms with Crippen LogP contribution in [0.1, 0.15) is 18.3 Å². The second-order valence-corrected chi connectivity index (χ2v) is 5.12. The van der Waals surface area contributed by atoms with E-state index >= 15 is 0 Å². The van der Waals surface area contributed by atoms with Crippen LogP contribution in [0.5, 0.6) is 0 Å². The van der Waals surface area contributed by atoms with E-state index in [4.69, 9.17) is 0 Å². The van der Waals surface area contributed by atoms with E-state index in [1.165, 1.54) is 5.75 Å². The molecule has 0 fully saturated rings. The zero-order chi connectivity index (χ0) is 12.5. The molecular formula is C13H23N3S. The van der Waals surface area contributed by atoms with E-state index in [0.29, 0.717) is 0 Å². The van der Waals surface area contributed by atoms with E-state index in [0.717, 1.165) is 37.6 Å². The molecule has 0 aliphatic heterocycles. The Kier molecular flexibility index (Phi) is 7.24. The molecule has 1 aromatic heterocycles. The molecule has 0 atom stereocenters. The lowest BCUT2D eigenvalue weighted by Crippen LogP contribution is -2.21. The molecular weight excluding hydrogens is 230 g/mol. The molecule has 0 saturated heterocycles. The van der Waals surface area contributed by atoms with Crippen LogP contribution in [0.4, 0.5) is 0 Å². The summed E-state index contributed by atoms with van der Waals surface area (Å²) in [5, 5.41) is 3.30. The molecule has 0 aliphatic rings. The molecule has 0 bridgehead atoms. The van der Waals surface area contributed by atoms with Gasteiger partial charge in [0.1, 0.15) is 0 Å². The summed E-state index contributed by atoms with van der Waals surface area (Å²) in [7, 11) is 2.15. The van der Waals surface area contributed by atoms with Crippen LogP contribution in [0.2, 0.25) is 0 Å². The Labute approximate surface area is 109 Å². The lowest BCUT2D eigenvalue weighted by molar-refractivity contribution is 0.344. The van der Waals surface area contributed by atoms with Crippen molar-refractivity contribution in [3.8, 4) is 0 Å². The maximum atomic E-state index is 4.65. The molecule has 0 saturated carbocycles. The van der Waals surface area contributed by atoms with E-state index in [1.807, 2.05) is 11.8 Å². The van der Waals surface area contributed by atoms with Crippen LogP contribution in [-0.4, -0.2) is 42.0 Å². The Morgan fingerprint density at radius 3 is 2.82 bits per heavy atom. The van der Waals surface area contributed by atoms with Crippen LogP contribution in [0.25, 0.3) is 0 Å². The predicted molar refractivity (Wildman–Crippen MR) is 76.3 cm³/mol. The summed E-state index contributed by atoms with van der Waals surface area (Å²) in [6.45, 7) is 6.00. The maximum Gasteiger partial charge on any atom is 0.0547 e. The minimum Gasteiger partial charge on any atom is -0.311 e. The Bertz CT molecular complexity index is 317. The number of aromatic nitrogens is 1. The van der Waals surface area contributed by atoms with E-state index < -0.39 is 0 Å². The Hall–Kier alpha value is -0.580. The first-order valence-corrected chi connectivity index (χ1v) is 7.48. The molecule has 1 rings (SSSR count). The van der Waals surface area contributed by atoms with Gasteiger partial charge in [0.2, 0.25) is 0 Å². The van der Waals surface area contributed by atoms with E-state index in [2.05, 4.69) is 53.6 Å². The Morgan fingerprint density at radius 1 is 1.35 bits per heavy atom. The summed E-state index contributed by atoms with van der Waals surface area (Å²) in [5.41, 5.74) is 2.28. The highest BCUT2D eigenvalue weighted by molar-refractivity contribution is 7.98. The number of thioether (sulfide) groups is 1. The SMILES string of the molecule is CCNCc1cccc(CN(C)CCSC)n1. The summed E-state index contributed by atoms with van der Waals surface area (Å²) in [6.07, 6.45) is 2.14. The number of hydrogen-bond donors (Lipinski definition) is 1. The van der Waals surface area contributed by atoms with Gasteiger partial charge in [-0.05, 0) is 32.0 Å². The zero-order valence-corrected chi connectivity index (χ0v) is 11.9. The van der Waals surface area contributed by atoms with Gasteiger partial charge in [0.05, 0.1) is 11.4 Å². The average molecular weight is 253 g/mol. The molecule has 0 aliphatic carbocycles. The molecule has 0 aromatic carbocycles. The molecule has 96 valence electrons. The van der Waals surface area contributed by atoms with Gasteiger partial charge in [0.15, 0.2) is 0 Å². The number of nitrogens with zero attached hydrogens (tertiary/aromatic N) is 2. The van der Waals surface area contributed by atoms with Gasteiger partial charge in [-0.1, -0.05) is 13.0 Å². The van der Waals surface area contributed by atoms with Gasteiger partial charge >= 0.3 is 0 Å². The topological polar surface area (TPSA) is 28.2 Å². The highest BCUT2D eigenvalue weighted by Gasteiger charge is 2.02. The fourth-order valence-electron chi connectivity index (χ4n) is 1.57. The van der Waals surface area contributed by atoms with Crippen LogP contribution in [0.3, 0.4) is 0 Å². The zero-order valence-electron chi connectivity index (χ0n) is 11.1. The predicted octanol–water partition coefficient (Wildman–Crippen LogP) is 1.99. The molecule has 0 amide bonds. The van der Waals surface area contributed by atoms with Crippen molar-refractivity contribution in [2.75, 3.05) is 32.1 Å². The van der Waals surface area contributed by atoms with E-state index in [9.17, 15) is 0 Å². The van der Waals surface area contributed by atoms with Crippen LogP contribution in [-0.2, 0) is 13.1 Å². The maximum absolute atomic E-state index is 4.65. The molecule has 4 heteroatoms. The minimum absolute atomic E-state index is 0.860. The number of hydrogen-bond acceptors (Lipinski definition) is 4. The largest absolute Gasteiger partial charge is 0.311 e. The molecule has 1 heterocycles. The van der Waals surface area contributed by atoms with Gasteiger partial charge in [0, 0.05) is 25.4 Å². The lowest BCUT2D eigenvalue weighted by Gasteiger charge is -2.15. The van der Waals surface area contributed by atoms with Gasteiger partial charge in [-0.3, -0.25) is 9.88 Å². The van der Waals surface area contributed by atoms with Crippen molar-refractivity contribution in [3.05, 3.63) is 29.6 Å². The normalized spacial score (nSPS) is 11.1. The first-order valence-electron chi connectivity index (χ1n) is 6.09. The third-order valence-electron chi connectivity index (χ3n) is 2.53. The molecule has 0 unspecified atom stereocenters. The Morgan fingerprint density at radius 2 is 2.12 bits per heavy atom. The summed E-state index contributed by atoms with van der Waals surface area (Å²) in [4.78, 5) is 6.96. The standard InChI is InChI=1S/C13H23N3S/c1-4-14-10-12-6-5-7-13(15-12)11-16(2)8-9-17-3/h5-7,14H,4,8-11H2,1-3H3. The first-order chi connectivity index (χ1) is 8.26. The third-order valence-corrected chi connectivity index (χ3v) is 3.12. The smallest absolute Gasteiger partial charge is 0.0547 e. The van der Waals surface area contributed by atoms with Crippen molar-refractivity contribution in [2.45, 2.75) is 20.0 Å². The highest BCUT2D eigenvalue weighted by Crippen LogP contribution is 2.03. The third kappa shape index (κ3) is 6.05. The molecule has 1 N–H and O–H groups in total. The van der Waals surface area contributed by atoms with Crippen molar-refractivity contribution in [1.29, 1.82) is 0 Å². The fourth-order valence-corrected chi connectivity index (χ4v) is 2.07. The van der Waals surface area contributed by atoms with Crippen LogP contribution >= 0.6 is 11.8 Å². The number of rotatable bonds is 8. The van der Waals surface area contributed by atoms with Crippen molar-refractivity contribution in [1.82, 2.24) is 15.2 Å². The van der Waals surface area contributed by atoms with Crippen molar-refractivity contribution in [2.24, 2.45) is 0 Å². The summed E-state index contributed by atoms with van der Waals surface area (Å²) in [6, 6.07) is 6.27. The molecule has 17 heavy (non-hydrogen) atoms. The van der Waals surface area contributed by atoms with Gasteiger partial charge in [-0.15, -0.1) is 0 Å². The van der Waals surface area contributed by atoms with Crippen LogP contribution < -0.4 is 5.32 Å². The quantitative estimate of drug-likeness (QED) is 0.767. The second kappa shape index (κ2) is 8.50. The fraction of sp³-hybridized carbons (Fsp3) is 0.615. The highest BCUT2D eigenvalue weighted by atomic mass is 32.2. The van der Waals surface area contributed by atoms with Crippen LogP contribution in [0.15, 0.2) is 18.2 Å².